The molecule has 146 valence electrons. The van der Waals surface area contributed by atoms with Crippen LogP contribution in [0.1, 0.15) is 24.2 Å². The second kappa shape index (κ2) is 9.11. The van der Waals surface area contributed by atoms with Crippen molar-refractivity contribution < 1.29 is 18.3 Å². The molecule has 0 spiro atoms. The lowest BCUT2D eigenvalue weighted by atomic mass is 10.1. The number of nitrogens with one attached hydrogen (secondary N) is 1. The third-order valence-corrected chi connectivity index (χ3v) is 5.70. The van der Waals surface area contributed by atoms with Crippen molar-refractivity contribution in [1.82, 2.24) is 10.2 Å². The van der Waals surface area contributed by atoms with Crippen LogP contribution in [-0.4, -0.2) is 27.8 Å². The van der Waals surface area contributed by atoms with E-state index in [4.69, 9.17) is 4.74 Å². The Hall–Kier alpha value is -2.52. The molecule has 28 heavy (non-hydrogen) atoms. The van der Waals surface area contributed by atoms with Crippen molar-refractivity contribution in [3.05, 3.63) is 59.7 Å². The van der Waals surface area contributed by atoms with Crippen LogP contribution in [0, 0.1) is 11.6 Å². The molecule has 0 aliphatic carbocycles. The average Bonchev–Trinajstić information content (AvgIpc) is 3.11. The summed E-state index contributed by atoms with van der Waals surface area (Å²) in [4.78, 5) is 12.4. The Balaban J connectivity index is 1.69. The number of rotatable bonds is 8. The van der Waals surface area contributed by atoms with Crippen molar-refractivity contribution in [3.8, 4) is 5.75 Å². The number of hydrogen-bond acceptors (Lipinski definition) is 7. The molecule has 9 heteroatoms. The summed E-state index contributed by atoms with van der Waals surface area (Å²) in [6, 6.07) is 10.3. The highest BCUT2D eigenvalue weighted by atomic mass is 32.2. The van der Waals surface area contributed by atoms with Gasteiger partial charge in [-0.25, -0.2) is 8.78 Å². The van der Waals surface area contributed by atoms with E-state index in [2.05, 4.69) is 15.5 Å². The third-order valence-electron chi connectivity index (χ3n) is 3.68. The molecule has 5 nitrogen and oxygen atoms in total. The van der Waals surface area contributed by atoms with E-state index in [9.17, 15) is 13.6 Å². The number of thioether (sulfide) groups is 1. The number of hydrogen-bond donors (Lipinski definition) is 1. The Morgan fingerprint density at radius 1 is 1.25 bits per heavy atom. The van der Waals surface area contributed by atoms with Gasteiger partial charge in [-0.05, 0) is 44.2 Å². The number of carbonyl (C=O) groups excluding carboxylic acids is 1. The van der Waals surface area contributed by atoms with Crippen LogP contribution in [-0.2, 0) is 0 Å². The highest BCUT2D eigenvalue weighted by Gasteiger charge is 2.22. The molecule has 1 aromatic heterocycles. The molecule has 0 bridgehead atoms. The molecular weight excluding hydrogens is 404 g/mol. The number of halogens is 2. The van der Waals surface area contributed by atoms with E-state index in [0.717, 1.165) is 35.6 Å². The van der Waals surface area contributed by atoms with Crippen LogP contribution in [0.15, 0.2) is 46.8 Å². The van der Waals surface area contributed by atoms with Gasteiger partial charge < -0.3 is 10.1 Å². The van der Waals surface area contributed by atoms with Gasteiger partial charge in [0.05, 0.1) is 23.1 Å². The lowest BCUT2D eigenvalue weighted by Crippen LogP contribution is -2.15. The normalized spacial score (nSPS) is 11.9. The second-order valence-corrected chi connectivity index (χ2v) is 8.24. The van der Waals surface area contributed by atoms with Crippen molar-refractivity contribution in [3.63, 3.8) is 0 Å². The molecule has 3 aromatic rings. The quantitative estimate of drug-likeness (QED) is 0.392. The molecule has 1 N–H and O–H groups in total. The van der Waals surface area contributed by atoms with Crippen LogP contribution < -0.4 is 10.1 Å². The van der Waals surface area contributed by atoms with Crippen molar-refractivity contribution in [2.45, 2.75) is 23.4 Å². The lowest BCUT2D eigenvalue weighted by molar-refractivity contribution is 0.0989. The number of ether oxygens (including phenoxy) is 1. The van der Waals surface area contributed by atoms with Crippen LogP contribution in [0.2, 0.25) is 0 Å². The summed E-state index contributed by atoms with van der Waals surface area (Å²) in [7, 11) is 0. The van der Waals surface area contributed by atoms with E-state index in [0.29, 0.717) is 21.8 Å². The number of anilines is 2. The molecule has 0 aliphatic heterocycles. The van der Waals surface area contributed by atoms with Gasteiger partial charge in [-0.2, -0.15) is 0 Å². The predicted molar refractivity (Wildman–Crippen MR) is 107 cm³/mol. The van der Waals surface area contributed by atoms with E-state index in [1.54, 1.807) is 6.92 Å². The number of Topliss-reactive ketones (excluding diaryl/α,β-unsaturated/α-hetero) is 1. The molecule has 0 amide bonds. The minimum absolute atomic E-state index is 0.270. The van der Waals surface area contributed by atoms with Crippen LogP contribution >= 0.6 is 23.1 Å². The topological polar surface area (TPSA) is 64.1 Å². The van der Waals surface area contributed by atoms with Gasteiger partial charge in [0.2, 0.25) is 5.13 Å². The van der Waals surface area contributed by atoms with Gasteiger partial charge in [0, 0.05) is 0 Å². The molecule has 3 rings (SSSR count). The maximum Gasteiger partial charge on any atom is 0.210 e. The first-order valence-corrected chi connectivity index (χ1v) is 10.2. The smallest absolute Gasteiger partial charge is 0.210 e. The van der Waals surface area contributed by atoms with Crippen LogP contribution in [0.25, 0.3) is 0 Å². The number of nitrogens with zero attached hydrogens (tertiary/aromatic N) is 2. The summed E-state index contributed by atoms with van der Waals surface area (Å²) in [6.07, 6.45) is 0. The summed E-state index contributed by atoms with van der Waals surface area (Å²) in [5, 5.41) is 11.1. The van der Waals surface area contributed by atoms with E-state index in [1.165, 1.54) is 11.3 Å². The summed E-state index contributed by atoms with van der Waals surface area (Å²) in [6.45, 7) is 4.05. The van der Waals surface area contributed by atoms with Gasteiger partial charge in [-0.1, -0.05) is 35.2 Å². The number of benzene rings is 2. The first-order chi connectivity index (χ1) is 13.5. The molecule has 0 saturated heterocycles. The van der Waals surface area contributed by atoms with E-state index in [1.807, 2.05) is 31.2 Å². The first kappa shape index (κ1) is 20.2. The van der Waals surface area contributed by atoms with Crippen molar-refractivity contribution in [1.29, 1.82) is 0 Å². The zero-order valence-electron chi connectivity index (χ0n) is 15.1. The van der Waals surface area contributed by atoms with Gasteiger partial charge in [-0.15, -0.1) is 10.2 Å². The summed E-state index contributed by atoms with van der Waals surface area (Å²) >= 11 is 2.40. The number of aromatic nitrogens is 2. The number of ketones is 1. The zero-order chi connectivity index (χ0) is 20.1. The third kappa shape index (κ3) is 4.85. The second-order valence-electron chi connectivity index (χ2n) is 5.68. The minimum atomic E-state index is -0.744. The molecular formula is C19H17F2N3O2S2. The van der Waals surface area contributed by atoms with Gasteiger partial charge in [0.1, 0.15) is 17.4 Å². The monoisotopic (exact) mass is 421 g/mol. The van der Waals surface area contributed by atoms with Gasteiger partial charge in [0.15, 0.2) is 10.1 Å². The SMILES string of the molecule is CCOc1ccccc1Nc1nnc(SC(C)C(=O)c2cc(F)ccc2F)s1. The molecule has 1 unspecified atom stereocenters. The fourth-order valence-corrected chi connectivity index (χ4v) is 4.36. The van der Waals surface area contributed by atoms with Crippen LogP contribution in [0.5, 0.6) is 5.75 Å². The molecule has 0 saturated carbocycles. The Morgan fingerprint density at radius 2 is 2.04 bits per heavy atom. The Bertz CT molecular complexity index is 981. The highest BCUT2D eigenvalue weighted by Crippen LogP contribution is 2.34. The maximum absolute atomic E-state index is 13.8. The van der Waals surface area contributed by atoms with Crippen LogP contribution in [0.3, 0.4) is 0 Å². The molecule has 0 radical (unpaired) electrons. The van der Waals surface area contributed by atoms with Crippen LogP contribution in [0.4, 0.5) is 19.6 Å². The summed E-state index contributed by atoms with van der Waals surface area (Å²) in [5.74, 6) is -1.21. The number of para-hydroxylation sites is 2. The van der Waals surface area contributed by atoms with Crippen molar-refractivity contribution in [2.75, 3.05) is 11.9 Å². The highest BCUT2D eigenvalue weighted by molar-refractivity contribution is 8.02. The first-order valence-electron chi connectivity index (χ1n) is 8.46. The summed E-state index contributed by atoms with van der Waals surface area (Å²) < 4.78 is 33.2. The Labute approximate surface area is 169 Å². The summed E-state index contributed by atoms with van der Waals surface area (Å²) in [5.41, 5.74) is 0.483. The fraction of sp³-hybridized carbons (Fsp3) is 0.211. The zero-order valence-corrected chi connectivity index (χ0v) is 16.7. The van der Waals surface area contributed by atoms with Crippen molar-refractivity contribution in [2.24, 2.45) is 0 Å². The van der Waals surface area contributed by atoms with Gasteiger partial charge in [0.25, 0.3) is 0 Å². The van der Waals surface area contributed by atoms with E-state index >= 15 is 0 Å². The van der Waals surface area contributed by atoms with E-state index < -0.39 is 22.7 Å². The molecule has 1 heterocycles. The Kier molecular flexibility index (Phi) is 6.58. The largest absolute Gasteiger partial charge is 0.492 e. The molecule has 0 fully saturated rings. The van der Waals surface area contributed by atoms with Crippen molar-refractivity contribution >= 4 is 39.7 Å². The molecule has 2 aromatic carbocycles. The standard InChI is InChI=1S/C19H17F2N3O2S2/c1-3-26-16-7-5-4-6-15(16)22-18-23-24-19(28-18)27-11(2)17(25)13-10-12(20)8-9-14(13)21/h4-11H,3H2,1-2H3,(H,22,23). The van der Waals surface area contributed by atoms with E-state index in [-0.39, 0.29) is 5.56 Å². The fourth-order valence-electron chi connectivity index (χ4n) is 2.38. The Morgan fingerprint density at radius 3 is 2.82 bits per heavy atom. The average molecular weight is 421 g/mol. The maximum atomic E-state index is 13.8. The van der Waals surface area contributed by atoms with Gasteiger partial charge in [-0.3, -0.25) is 4.79 Å². The lowest BCUT2D eigenvalue weighted by Gasteiger charge is -2.09. The predicted octanol–water partition coefficient (Wildman–Crippen LogP) is 5.32. The molecule has 0 aliphatic rings. The minimum Gasteiger partial charge on any atom is -0.492 e. The number of carbonyl (C=O) groups is 1. The molecule has 1 atom stereocenters. The van der Waals surface area contributed by atoms with Gasteiger partial charge >= 0.3 is 0 Å².